The molecule has 0 radical (unpaired) electrons. The van der Waals surface area contributed by atoms with Gasteiger partial charge >= 0.3 is 11.9 Å². The first-order chi connectivity index (χ1) is 8.60. The zero-order valence-corrected chi connectivity index (χ0v) is 11.6. The number of hydrogen-bond donors (Lipinski definition) is 0. The van der Waals surface area contributed by atoms with Crippen molar-refractivity contribution in [1.82, 2.24) is 0 Å². The van der Waals surface area contributed by atoms with Gasteiger partial charge in [0.05, 0.1) is 13.2 Å². The molecule has 0 atom stereocenters. The van der Waals surface area contributed by atoms with E-state index in [-0.39, 0.29) is 5.92 Å². The Morgan fingerprint density at radius 3 is 1.83 bits per heavy atom. The van der Waals surface area contributed by atoms with Gasteiger partial charge < -0.3 is 9.47 Å². The van der Waals surface area contributed by atoms with Crippen LogP contribution in [0.3, 0.4) is 0 Å². The van der Waals surface area contributed by atoms with Crippen molar-refractivity contribution in [1.29, 1.82) is 0 Å². The predicted molar refractivity (Wildman–Crippen MR) is 67.9 cm³/mol. The summed E-state index contributed by atoms with van der Waals surface area (Å²) >= 11 is 0. The molecule has 4 heteroatoms. The summed E-state index contributed by atoms with van der Waals surface area (Å²) in [6.07, 6.45) is 3.95. The summed E-state index contributed by atoms with van der Waals surface area (Å²) in [5, 5.41) is 0. The number of ether oxygens (including phenoxy) is 2. The van der Waals surface area contributed by atoms with Crippen molar-refractivity contribution in [2.45, 2.75) is 46.5 Å². The maximum absolute atomic E-state index is 11.9. The fraction of sp³-hybridized carbons (Fsp3) is 0.857. The van der Waals surface area contributed by atoms with E-state index in [9.17, 15) is 9.59 Å². The lowest BCUT2D eigenvalue weighted by molar-refractivity contribution is -0.165. The molecule has 0 aliphatic heterocycles. The minimum Gasteiger partial charge on any atom is -0.465 e. The van der Waals surface area contributed by atoms with E-state index in [0.717, 1.165) is 25.7 Å². The maximum Gasteiger partial charge on any atom is 0.320 e. The molecule has 0 unspecified atom stereocenters. The van der Waals surface area contributed by atoms with Crippen LogP contribution in [0.4, 0.5) is 0 Å². The van der Waals surface area contributed by atoms with Gasteiger partial charge in [0.2, 0.25) is 0 Å². The van der Waals surface area contributed by atoms with Gasteiger partial charge in [-0.3, -0.25) is 9.59 Å². The first-order valence-corrected chi connectivity index (χ1v) is 6.93. The van der Waals surface area contributed by atoms with Crippen LogP contribution in [0.15, 0.2) is 0 Å². The number of hydrogen-bond acceptors (Lipinski definition) is 4. The topological polar surface area (TPSA) is 52.6 Å². The van der Waals surface area contributed by atoms with Crippen LogP contribution in [0.5, 0.6) is 0 Å². The molecule has 104 valence electrons. The molecule has 1 rings (SSSR count). The van der Waals surface area contributed by atoms with Gasteiger partial charge in [-0.05, 0) is 38.5 Å². The van der Waals surface area contributed by atoms with E-state index < -0.39 is 17.9 Å². The van der Waals surface area contributed by atoms with Gasteiger partial charge in [0.25, 0.3) is 0 Å². The van der Waals surface area contributed by atoms with E-state index in [0.29, 0.717) is 19.1 Å². The van der Waals surface area contributed by atoms with Crippen molar-refractivity contribution < 1.29 is 19.1 Å². The monoisotopic (exact) mass is 256 g/mol. The molecule has 0 bridgehead atoms. The Balaban J connectivity index is 2.70. The van der Waals surface area contributed by atoms with Crippen molar-refractivity contribution in [2.24, 2.45) is 17.8 Å². The number of esters is 2. The van der Waals surface area contributed by atoms with Crippen LogP contribution in [-0.4, -0.2) is 25.2 Å². The van der Waals surface area contributed by atoms with E-state index in [1.807, 2.05) is 0 Å². The van der Waals surface area contributed by atoms with Gasteiger partial charge in [0, 0.05) is 0 Å². The molecule has 0 saturated heterocycles. The Bertz CT molecular complexity index is 262. The van der Waals surface area contributed by atoms with Crippen LogP contribution in [-0.2, 0) is 19.1 Å². The smallest absolute Gasteiger partial charge is 0.320 e. The molecular weight excluding hydrogens is 232 g/mol. The van der Waals surface area contributed by atoms with E-state index in [1.54, 1.807) is 13.8 Å². The summed E-state index contributed by atoms with van der Waals surface area (Å²) in [6, 6.07) is 0. The Morgan fingerprint density at radius 2 is 1.44 bits per heavy atom. The van der Waals surface area contributed by atoms with Gasteiger partial charge in [-0.25, -0.2) is 0 Å². The van der Waals surface area contributed by atoms with Gasteiger partial charge in [-0.15, -0.1) is 0 Å². The van der Waals surface area contributed by atoms with Gasteiger partial charge in [0.1, 0.15) is 0 Å². The van der Waals surface area contributed by atoms with E-state index in [1.165, 1.54) is 0 Å². The van der Waals surface area contributed by atoms with E-state index >= 15 is 0 Å². The van der Waals surface area contributed by atoms with Gasteiger partial charge in [-0.2, -0.15) is 0 Å². The first kappa shape index (κ1) is 15.0. The molecule has 1 aliphatic carbocycles. The number of carbonyl (C=O) groups is 2. The average Bonchev–Trinajstić information content (AvgIpc) is 2.33. The minimum atomic E-state index is -0.725. The van der Waals surface area contributed by atoms with Crippen LogP contribution in [0.2, 0.25) is 0 Å². The molecule has 0 heterocycles. The van der Waals surface area contributed by atoms with Crippen molar-refractivity contribution in [3.63, 3.8) is 0 Å². The highest BCUT2D eigenvalue weighted by Crippen LogP contribution is 2.34. The molecule has 1 saturated carbocycles. The predicted octanol–water partition coefficient (Wildman–Crippen LogP) is 2.56. The normalized spacial score (nSPS) is 23.8. The lowest BCUT2D eigenvalue weighted by atomic mass is 9.76. The van der Waals surface area contributed by atoms with Crippen LogP contribution >= 0.6 is 0 Å². The lowest BCUT2D eigenvalue weighted by Crippen LogP contribution is -2.36. The fourth-order valence-corrected chi connectivity index (χ4v) is 2.56. The number of rotatable bonds is 5. The molecule has 0 aromatic rings. The Labute approximate surface area is 109 Å². The summed E-state index contributed by atoms with van der Waals surface area (Å²) in [5.41, 5.74) is 0. The van der Waals surface area contributed by atoms with E-state index in [4.69, 9.17) is 9.47 Å². The van der Waals surface area contributed by atoms with Crippen LogP contribution in [0.1, 0.15) is 46.5 Å². The SMILES string of the molecule is CCOC(=O)C(C(=O)OCC)C1CCC(C)CC1. The van der Waals surface area contributed by atoms with Crippen LogP contribution in [0, 0.1) is 17.8 Å². The summed E-state index contributed by atoms with van der Waals surface area (Å²) in [4.78, 5) is 23.8. The summed E-state index contributed by atoms with van der Waals surface area (Å²) < 4.78 is 10.0. The summed E-state index contributed by atoms with van der Waals surface area (Å²) in [7, 11) is 0. The average molecular weight is 256 g/mol. The third kappa shape index (κ3) is 4.00. The molecule has 0 spiro atoms. The molecule has 0 aromatic carbocycles. The maximum atomic E-state index is 11.9. The largest absolute Gasteiger partial charge is 0.465 e. The van der Waals surface area contributed by atoms with Crippen molar-refractivity contribution >= 4 is 11.9 Å². The molecule has 0 amide bonds. The second-order valence-corrected chi connectivity index (χ2v) is 5.00. The highest BCUT2D eigenvalue weighted by Gasteiger charge is 2.38. The molecule has 1 fully saturated rings. The second kappa shape index (κ2) is 7.39. The Kier molecular flexibility index (Phi) is 6.16. The molecule has 18 heavy (non-hydrogen) atoms. The third-order valence-corrected chi connectivity index (χ3v) is 3.61. The summed E-state index contributed by atoms with van der Waals surface area (Å²) in [6.45, 7) is 6.32. The quantitative estimate of drug-likeness (QED) is 0.560. The van der Waals surface area contributed by atoms with E-state index in [2.05, 4.69) is 6.92 Å². The zero-order valence-electron chi connectivity index (χ0n) is 11.6. The standard InChI is InChI=1S/C14H24O4/c1-4-17-13(15)12(14(16)18-5-2)11-8-6-10(3)7-9-11/h10-12H,4-9H2,1-3H3. The first-order valence-electron chi connectivity index (χ1n) is 6.93. The highest BCUT2D eigenvalue weighted by molar-refractivity contribution is 5.95. The summed E-state index contributed by atoms with van der Waals surface area (Å²) in [5.74, 6) is -0.797. The number of carbonyl (C=O) groups excluding carboxylic acids is 2. The van der Waals surface area contributed by atoms with Crippen LogP contribution in [0.25, 0.3) is 0 Å². The Morgan fingerprint density at radius 1 is 1.00 bits per heavy atom. The van der Waals surface area contributed by atoms with Crippen molar-refractivity contribution in [2.75, 3.05) is 13.2 Å². The zero-order chi connectivity index (χ0) is 13.5. The molecule has 0 N–H and O–H groups in total. The lowest BCUT2D eigenvalue weighted by Gasteiger charge is -2.30. The van der Waals surface area contributed by atoms with Gasteiger partial charge in [-0.1, -0.05) is 19.8 Å². The van der Waals surface area contributed by atoms with Crippen molar-refractivity contribution in [3.05, 3.63) is 0 Å². The molecule has 1 aliphatic rings. The fourth-order valence-electron chi connectivity index (χ4n) is 2.56. The minimum absolute atomic E-state index is 0.0827. The molecule has 0 aromatic heterocycles. The highest BCUT2D eigenvalue weighted by atomic mass is 16.6. The second-order valence-electron chi connectivity index (χ2n) is 5.00. The third-order valence-electron chi connectivity index (χ3n) is 3.61. The molecular formula is C14H24O4. The Hall–Kier alpha value is -1.06. The molecule has 4 nitrogen and oxygen atoms in total. The van der Waals surface area contributed by atoms with Gasteiger partial charge in [0.15, 0.2) is 5.92 Å². The van der Waals surface area contributed by atoms with Crippen LogP contribution < -0.4 is 0 Å². The van der Waals surface area contributed by atoms with Crippen molar-refractivity contribution in [3.8, 4) is 0 Å².